The van der Waals surface area contributed by atoms with Crippen molar-refractivity contribution in [3.05, 3.63) is 47.8 Å². The van der Waals surface area contributed by atoms with Crippen LogP contribution in [0.1, 0.15) is 24.2 Å². The van der Waals surface area contributed by atoms with Gasteiger partial charge < -0.3 is 19.7 Å². The zero-order valence-electron chi connectivity index (χ0n) is 17.0. The van der Waals surface area contributed by atoms with Gasteiger partial charge in [-0.25, -0.2) is 4.99 Å². The number of rotatable bonds is 6. The van der Waals surface area contributed by atoms with Gasteiger partial charge in [0.1, 0.15) is 18.5 Å². The second-order valence-corrected chi connectivity index (χ2v) is 6.86. The van der Waals surface area contributed by atoms with Gasteiger partial charge in [0.2, 0.25) is 0 Å². The van der Waals surface area contributed by atoms with E-state index in [4.69, 9.17) is 9.47 Å². The maximum atomic E-state index is 12.8. The molecule has 0 aliphatic carbocycles. The molecule has 1 aliphatic heterocycles. The van der Waals surface area contributed by atoms with Crippen LogP contribution in [0.15, 0.2) is 41.7 Å². The molecular formula is C20H26F3N5O2. The molecule has 1 aromatic heterocycles. The lowest BCUT2D eigenvalue weighted by atomic mass is 10.1. The molecule has 0 radical (unpaired) electrons. The number of hydrogen-bond acceptors (Lipinski definition) is 4. The lowest BCUT2D eigenvalue weighted by molar-refractivity contribution is -0.137. The Balaban J connectivity index is 1.58. The van der Waals surface area contributed by atoms with Crippen molar-refractivity contribution >= 4 is 5.96 Å². The maximum absolute atomic E-state index is 12.8. The summed E-state index contributed by atoms with van der Waals surface area (Å²) in [6, 6.07) is 4.85. The summed E-state index contributed by atoms with van der Waals surface area (Å²) in [6.07, 6.45) is -0.767. The van der Waals surface area contributed by atoms with Crippen LogP contribution < -0.4 is 10.1 Å². The van der Waals surface area contributed by atoms with Crippen molar-refractivity contribution in [3.8, 4) is 5.75 Å². The number of guanidine groups is 1. The van der Waals surface area contributed by atoms with E-state index in [9.17, 15) is 13.2 Å². The Labute approximate surface area is 173 Å². The molecule has 7 nitrogen and oxygen atoms in total. The quantitative estimate of drug-likeness (QED) is 0.438. The molecule has 1 unspecified atom stereocenters. The lowest BCUT2D eigenvalue weighted by Crippen LogP contribution is -2.48. The van der Waals surface area contributed by atoms with Crippen LogP contribution in [0.2, 0.25) is 0 Å². The predicted octanol–water partition coefficient (Wildman–Crippen LogP) is 2.86. The molecule has 1 fully saturated rings. The lowest BCUT2D eigenvalue weighted by Gasteiger charge is -2.34. The van der Waals surface area contributed by atoms with Crippen molar-refractivity contribution in [1.82, 2.24) is 20.0 Å². The van der Waals surface area contributed by atoms with Crippen molar-refractivity contribution in [2.24, 2.45) is 12.0 Å². The third kappa shape index (κ3) is 5.88. The molecule has 3 rings (SSSR count). The molecule has 2 heterocycles. The fourth-order valence-corrected chi connectivity index (χ4v) is 3.15. The summed E-state index contributed by atoms with van der Waals surface area (Å²) in [7, 11) is 1.86. The highest BCUT2D eigenvalue weighted by atomic mass is 19.4. The summed E-state index contributed by atoms with van der Waals surface area (Å²) in [6.45, 7) is 5.05. The van der Waals surface area contributed by atoms with E-state index in [-0.39, 0.29) is 18.5 Å². The monoisotopic (exact) mass is 425 g/mol. The molecule has 0 saturated carbocycles. The molecule has 0 bridgehead atoms. The molecule has 1 aliphatic rings. The van der Waals surface area contributed by atoms with Crippen LogP contribution >= 0.6 is 0 Å². The van der Waals surface area contributed by atoms with Crippen LogP contribution in [0.5, 0.6) is 5.75 Å². The van der Waals surface area contributed by atoms with Gasteiger partial charge in [-0.05, 0) is 25.1 Å². The van der Waals surface area contributed by atoms with Crippen LogP contribution in [0.25, 0.3) is 0 Å². The largest absolute Gasteiger partial charge is 0.492 e. The average Bonchev–Trinajstić information content (AvgIpc) is 3.16. The Morgan fingerprint density at radius 3 is 2.93 bits per heavy atom. The first-order valence-electron chi connectivity index (χ1n) is 9.80. The Kier molecular flexibility index (Phi) is 7.20. The molecule has 1 N–H and O–H groups in total. The van der Waals surface area contributed by atoms with Crippen molar-refractivity contribution in [1.29, 1.82) is 0 Å². The number of benzene rings is 1. The van der Waals surface area contributed by atoms with E-state index in [1.54, 1.807) is 10.9 Å². The average molecular weight is 425 g/mol. The topological polar surface area (TPSA) is 63.9 Å². The number of aliphatic imine (C=N–C) groups is 1. The third-order valence-electron chi connectivity index (χ3n) is 4.58. The zero-order chi connectivity index (χ0) is 21.6. The first-order chi connectivity index (χ1) is 14.4. The minimum Gasteiger partial charge on any atom is -0.492 e. The van der Waals surface area contributed by atoms with E-state index in [2.05, 4.69) is 20.3 Å². The Morgan fingerprint density at radius 2 is 2.23 bits per heavy atom. The summed E-state index contributed by atoms with van der Waals surface area (Å²) >= 11 is 0. The van der Waals surface area contributed by atoms with Gasteiger partial charge in [-0.2, -0.15) is 18.3 Å². The number of hydrogen-bond donors (Lipinski definition) is 1. The van der Waals surface area contributed by atoms with Crippen molar-refractivity contribution in [3.63, 3.8) is 0 Å². The molecule has 1 atom stereocenters. The van der Waals surface area contributed by atoms with E-state index in [0.717, 1.165) is 23.7 Å². The molecule has 164 valence electrons. The van der Waals surface area contributed by atoms with E-state index < -0.39 is 11.7 Å². The van der Waals surface area contributed by atoms with Crippen LogP contribution in [0, 0.1) is 0 Å². The van der Waals surface area contributed by atoms with Gasteiger partial charge in [0.05, 0.1) is 31.5 Å². The van der Waals surface area contributed by atoms with Gasteiger partial charge >= 0.3 is 6.18 Å². The normalized spacial score (nSPS) is 17.8. The van der Waals surface area contributed by atoms with Crippen molar-refractivity contribution in [2.45, 2.75) is 19.2 Å². The fourth-order valence-electron chi connectivity index (χ4n) is 3.15. The van der Waals surface area contributed by atoms with Crippen molar-refractivity contribution < 1.29 is 22.6 Å². The molecule has 10 heteroatoms. The summed E-state index contributed by atoms with van der Waals surface area (Å²) in [5.74, 6) is 0.898. The van der Waals surface area contributed by atoms with Crippen LogP contribution in [-0.4, -0.2) is 60.0 Å². The smallest absolute Gasteiger partial charge is 0.416 e. The summed E-state index contributed by atoms with van der Waals surface area (Å²) in [5, 5.41) is 7.45. The first-order valence-corrected chi connectivity index (χ1v) is 9.80. The molecular weight excluding hydrogens is 399 g/mol. The van der Waals surface area contributed by atoms with Crippen molar-refractivity contribution in [2.75, 3.05) is 39.4 Å². The summed E-state index contributed by atoms with van der Waals surface area (Å²) in [5.41, 5.74) is 0.275. The molecule has 0 spiro atoms. The van der Waals surface area contributed by atoms with E-state index in [1.165, 1.54) is 12.1 Å². The number of morpholine rings is 1. The zero-order valence-corrected chi connectivity index (χ0v) is 17.0. The summed E-state index contributed by atoms with van der Waals surface area (Å²) < 4.78 is 51.5. The molecule has 0 amide bonds. The SMILES string of the molecule is CCNC(=NCCOc1cccc(C(F)(F)F)c1)N1CCOC(c2cnn(C)c2)C1. The third-order valence-corrected chi connectivity index (χ3v) is 4.58. The van der Waals surface area contributed by atoms with E-state index in [1.807, 2.05) is 20.2 Å². The van der Waals surface area contributed by atoms with Gasteiger partial charge in [0.25, 0.3) is 0 Å². The molecule has 1 saturated heterocycles. The Hall–Kier alpha value is -2.75. The Bertz CT molecular complexity index is 853. The second kappa shape index (κ2) is 9.84. The van der Waals surface area contributed by atoms with E-state index in [0.29, 0.717) is 32.8 Å². The second-order valence-electron chi connectivity index (χ2n) is 6.86. The molecule has 1 aromatic carbocycles. The first kappa shape index (κ1) is 21.9. The highest BCUT2D eigenvalue weighted by molar-refractivity contribution is 5.80. The van der Waals surface area contributed by atoms with Crippen LogP contribution in [-0.2, 0) is 18.0 Å². The van der Waals surface area contributed by atoms with Crippen LogP contribution in [0.4, 0.5) is 13.2 Å². The molecule has 30 heavy (non-hydrogen) atoms. The Morgan fingerprint density at radius 1 is 1.40 bits per heavy atom. The van der Waals surface area contributed by atoms with E-state index >= 15 is 0 Å². The number of aromatic nitrogens is 2. The predicted molar refractivity (Wildman–Crippen MR) is 106 cm³/mol. The maximum Gasteiger partial charge on any atom is 0.416 e. The number of nitrogens with zero attached hydrogens (tertiary/aromatic N) is 4. The van der Waals surface area contributed by atoms with Gasteiger partial charge in [-0.1, -0.05) is 6.07 Å². The van der Waals surface area contributed by atoms with Crippen LogP contribution in [0.3, 0.4) is 0 Å². The highest BCUT2D eigenvalue weighted by Gasteiger charge is 2.30. The highest BCUT2D eigenvalue weighted by Crippen LogP contribution is 2.31. The number of ether oxygens (including phenoxy) is 2. The number of nitrogens with one attached hydrogen (secondary N) is 1. The van der Waals surface area contributed by atoms with Gasteiger partial charge in [0.15, 0.2) is 5.96 Å². The summed E-state index contributed by atoms with van der Waals surface area (Å²) in [4.78, 5) is 6.67. The minimum absolute atomic E-state index is 0.0994. The van der Waals surface area contributed by atoms with Gasteiger partial charge in [-0.15, -0.1) is 0 Å². The van der Waals surface area contributed by atoms with Gasteiger partial charge in [0, 0.05) is 31.9 Å². The molecule has 2 aromatic rings. The minimum atomic E-state index is -4.39. The fraction of sp³-hybridized carbons (Fsp3) is 0.500. The number of alkyl halides is 3. The number of aryl methyl sites for hydroxylation is 1. The van der Waals surface area contributed by atoms with Gasteiger partial charge in [-0.3, -0.25) is 4.68 Å². The standard InChI is InChI=1S/C20H26F3N5O2/c1-3-24-19(28-8-10-30-18(14-28)15-12-26-27(2)13-15)25-7-9-29-17-6-4-5-16(11-17)20(21,22)23/h4-6,11-13,18H,3,7-10,14H2,1-2H3,(H,24,25). The number of halogens is 3.